The molecule has 0 amide bonds. The van der Waals surface area contributed by atoms with Gasteiger partial charge in [0.05, 0.1) is 56.2 Å². The van der Waals surface area contributed by atoms with E-state index in [4.69, 9.17) is 0 Å². The van der Waals surface area contributed by atoms with Crippen molar-refractivity contribution < 1.29 is 13.2 Å². The molecule has 0 N–H and O–H groups in total. The van der Waals surface area contributed by atoms with Gasteiger partial charge in [-0.3, -0.25) is 0 Å². The first-order valence-electron chi connectivity index (χ1n) is 18.1. The molecule has 0 aliphatic heterocycles. The smallest absolute Gasteiger partial charge is 0.309 e. The van der Waals surface area contributed by atoms with Crippen molar-refractivity contribution in [1.29, 1.82) is 10.5 Å². The van der Waals surface area contributed by atoms with E-state index in [0.29, 0.717) is 45.0 Å². The van der Waals surface area contributed by atoms with E-state index in [1.807, 2.05) is 100 Å². The number of hydrogen-bond donors (Lipinski definition) is 0. The van der Waals surface area contributed by atoms with Gasteiger partial charge in [-0.15, -0.1) is 0 Å². The number of alkyl halides is 3. The zero-order valence-electron chi connectivity index (χ0n) is 30.1. The maximum atomic E-state index is 15.2. The Labute approximate surface area is 328 Å². The van der Waals surface area contributed by atoms with Crippen molar-refractivity contribution >= 4 is 43.6 Å². The van der Waals surface area contributed by atoms with E-state index in [9.17, 15) is 10.5 Å². The fourth-order valence-electron chi connectivity index (χ4n) is 8.04. The van der Waals surface area contributed by atoms with Crippen LogP contribution in [0.4, 0.5) is 13.2 Å². The third kappa shape index (κ3) is 5.37. The maximum absolute atomic E-state index is 15.2. The molecule has 0 aliphatic carbocycles. The van der Waals surface area contributed by atoms with Crippen LogP contribution >= 0.6 is 0 Å². The lowest BCUT2D eigenvalue weighted by molar-refractivity contribution is -0.137. The molecule has 10 aromatic rings. The molecule has 4 heterocycles. The summed E-state index contributed by atoms with van der Waals surface area (Å²) in [5, 5.41) is 24.9. The van der Waals surface area contributed by atoms with Crippen LogP contribution in [0.5, 0.6) is 0 Å². The van der Waals surface area contributed by atoms with Gasteiger partial charge >= 0.3 is 6.18 Å². The van der Waals surface area contributed by atoms with Crippen molar-refractivity contribution in [2.24, 2.45) is 0 Å². The predicted molar refractivity (Wildman–Crippen MR) is 217 cm³/mol. The van der Waals surface area contributed by atoms with E-state index < -0.39 is 11.7 Å². The summed E-state index contributed by atoms with van der Waals surface area (Å²) in [6.45, 7) is 0. The number of nitriles is 2. The molecule has 0 unspecified atom stereocenters. The normalized spacial score (nSPS) is 11.7. The molecule has 4 aromatic heterocycles. The van der Waals surface area contributed by atoms with E-state index in [0.717, 1.165) is 33.1 Å². The van der Waals surface area contributed by atoms with Crippen LogP contribution in [0.1, 0.15) is 16.7 Å². The predicted octanol–water partition coefficient (Wildman–Crippen LogP) is 11.2. The maximum Gasteiger partial charge on any atom is 0.417 e. The highest BCUT2D eigenvalue weighted by molar-refractivity contribution is 6.12. The highest BCUT2D eigenvalue weighted by Gasteiger charge is 2.36. The molecule has 0 saturated carbocycles. The molecule has 0 fully saturated rings. The van der Waals surface area contributed by atoms with Crippen molar-refractivity contribution in [1.82, 2.24) is 29.1 Å². The monoisotopic (exact) mass is 758 g/mol. The van der Waals surface area contributed by atoms with Gasteiger partial charge in [-0.1, -0.05) is 66.7 Å². The van der Waals surface area contributed by atoms with Gasteiger partial charge in [-0.05, 0) is 60.7 Å². The first-order chi connectivity index (χ1) is 28.3. The lowest BCUT2D eigenvalue weighted by Gasteiger charge is -2.22. The van der Waals surface area contributed by atoms with Crippen LogP contribution in [0.25, 0.3) is 88.9 Å². The molecular formula is C47H25F3N8. The number of hydrogen-bond acceptors (Lipinski definition) is 6. The molecule has 11 heteroatoms. The van der Waals surface area contributed by atoms with Crippen molar-refractivity contribution in [3.63, 3.8) is 0 Å². The summed E-state index contributed by atoms with van der Waals surface area (Å²) in [6, 6.07) is 41.5. The van der Waals surface area contributed by atoms with E-state index in [2.05, 4.69) is 26.0 Å². The summed E-state index contributed by atoms with van der Waals surface area (Å²) in [4.78, 5) is 17.8. The van der Waals surface area contributed by atoms with Crippen LogP contribution in [0.2, 0.25) is 0 Å². The van der Waals surface area contributed by atoms with Crippen molar-refractivity contribution in [2.75, 3.05) is 0 Å². The third-order valence-electron chi connectivity index (χ3n) is 10.5. The lowest BCUT2D eigenvalue weighted by Crippen LogP contribution is -2.11. The Hall–Kier alpha value is -8.15. The van der Waals surface area contributed by atoms with Gasteiger partial charge in [0.2, 0.25) is 0 Å². The van der Waals surface area contributed by atoms with Crippen molar-refractivity contribution in [2.45, 2.75) is 6.18 Å². The van der Waals surface area contributed by atoms with Gasteiger partial charge in [0.15, 0.2) is 11.6 Å². The Morgan fingerprint density at radius 2 is 0.966 bits per heavy atom. The van der Waals surface area contributed by atoms with Gasteiger partial charge in [0.25, 0.3) is 0 Å². The zero-order valence-corrected chi connectivity index (χ0v) is 30.1. The van der Waals surface area contributed by atoms with Crippen LogP contribution < -0.4 is 0 Å². The van der Waals surface area contributed by atoms with E-state index in [1.54, 1.807) is 49.1 Å². The Morgan fingerprint density at radius 1 is 0.466 bits per heavy atom. The average molecular weight is 759 g/mol. The second-order valence-corrected chi connectivity index (χ2v) is 13.6. The van der Waals surface area contributed by atoms with Gasteiger partial charge in [-0.25, -0.2) is 19.9 Å². The molecular weight excluding hydrogens is 734 g/mol. The number of nitrogens with zero attached hydrogens (tertiary/aromatic N) is 8. The number of benzene rings is 6. The Kier molecular flexibility index (Phi) is 7.85. The van der Waals surface area contributed by atoms with Crippen LogP contribution in [-0.2, 0) is 6.18 Å². The molecule has 8 nitrogen and oxygen atoms in total. The van der Waals surface area contributed by atoms with Gasteiger partial charge in [0, 0.05) is 68.6 Å². The van der Waals surface area contributed by atoms with Gasteiger partial charge in [0.1, 0.15) is 6.07 Å². The largest absolute Gasteiger partial charge is 0.417 e. The lowest BCUT2D eigenvalue weighted by atomic mass is 9.91. The summed E-state index contributed by atoms with van der Waals surface area (Å²) in [5.74, 6) is 0.956. The van der Waals surface area contributed by atoms with Crippen molar-refractivity contribution in [3.8, 4) is 57.4 Å². The quantitative estimate of drug-likeness (QED) is 0.173. The van der Waals surface area contributed by atoms with E-state index in [1.165, 1.54) is 12.1 Å². The summed E-state index contributed by atoms with van der Waals surface area (Å²) in [5.41, 5.74) is 3.63. The Morgan fingerprint density at radius 3 is 1.48 bits per heavy atom. The average Bonchev–Trinajstić information content (AvgIpc) is 3.78. The minimum atomic E-state index is -4.83. The van der Waals surface area contributed by atoms with Gasteiger partial charge in [-0.2, -0.15) is 23.7 Å². The van der Waals surface area contributed by atoms with Crippen LogP contribution in [0.3, 0.4) is 0 Å². The van der Waals surface area contributed by atoms with E-state index in [-0.39, 0.29) is 27.9 Å². The van der Waals surface area contributed by atoms with Gasteiger partial charge < -0.3 is 9.13 Å². The fourth-order valence-corrected chi connectivity index (χ4v) is 8.04. The second kappa shape index (κ2) is 13.3. The summed E-state index contributed by atoms with van der Waals surface area (Å²) < 4.78 is 49.4. The molecule has 274 valence electrons. The van der Waals surface area contributed by atoms with Crippen LogP contribution in [0, 0.1) is 22.7 Å². The standard InChI is InChI=1S/C47H25F3N8/c48-47(49,50)37-11-5-8-30(26-51)44(37)36-25-40(57-38-12-3-1-9-32(38)34-16-14-28(22-41(34)57)45-53-18-6-19-54-45)31(27-52)24-43(36)58-39-13-4-2-10-33(39)35-17-15-29(23-42(35)58)46-55-20-7-21-56-46/h1-25H. The highest BCUT2D eigenvalue weighted by Crippen LogP contribution is 2.46. The molecule has 0 radical (unpaired) electrons. The Balaban J connectivity index is 1.37. The van der Waals surface area contributed by atoms with Crippen LogP contribution in [-0.4, -0.2) is 29.1 Å². The molecule has 10 rings (SSSR count). The van der Waals surface area contributed by atoms with E-state index >= 15 is 13.2 Å². The van der Waals surface area contributed by atoms with Crippen molar-refractivity contribution in [3.05, 3.63) is 169 Å². The molecule has 58 heavy (non-hydrogen) atoms. The van der Waals surface area contributed by atoms with Crippen LogP contribution in [0.15, 0.2) is 152 Å². The Bertz CT molecular complexity index is 3360. The molecule has 0 spiro atoms. The number of fused-ring (bicyclic) bond motifs is 6. The zero-order chi connectivity index (χ0) is 39.5. The number of para-hydroxylation sites is 2. The first kappa shape index (κ1) is 34.3. The third-order valence-corrected chi connectivity index (χ3v) is 10.5. The molecule has 0 aliphatic rings. The minimum absolute atomic E-state index is 0.107. The summed E-state index contributed by atoms with van der Waals surface area (Å²) >= 11 is 0. The molecule has 0 saturated heterocycles. The summed E-state index contributed by atoms with van der Waals surface area (Å²) in [7, 11) is 0. The SMILES string of the molecule is N#Cc1cc(-n2c3ccccc3c3ccc(-c4ncccn4)cc32)c(-c2c(C#N)cccc2C(F)(F)F)cc1-n1c2ccccc2c2ccc(-c3ncccn3)cc21. The number of halogens is 3. The number of aromatic nitrogens is 6. The number of rotatable bonds is 5. The molecule has 0 bridgehead atoms. The molecule has 6 aromatic carbocycles. The fraction of sp³-hybridized carbons (Fsp3) is 0.0213. The molecule has 0 atom stereocenters. The second-order valence-electron chi connectivity index (χ2n) is 13.6. The minimum Gasteiger partial charge on any atom is -0.309 e. The highest BCUT2D eigenvalue weighted by atomic mass is 19.4. The topological polar surface area (TPSA) is 109 Å². The first-order valence-corrected chi connectivity index (χ1v) is 18.1. The summed E-state index contributed by atoms with van der Waals surface area (Å²) in [6.07, 6.45) is 1.75.